The van der Waals surface area contributed by atoms with Crippen LogP contribution < -0.4 is 4.74 Å². The van der Waals surface area contributed by atoms with Gasteiger partial charge in [-0.25, -0.2) is 0 Å². The van der Waals surface area contributed by atoms with Gasteiger partial charge in [-0.15, -0.1) is 0 Å². The second-order valence-corrected chi connectivity index (χ2v) is 5.17. The molecule has 0 aliphatic carbocycles. The molecule has 0 aromatic heterocycles. The number of benzene rings is 2. The molecule has 0 fully saturated rings. The molecule has 0 radical (unpaired) electrons. The first kappa shape index (κ1) is 23.5. The van der Waals surface area contributed by atoms with Gasteiger partial charge in [0, 0.05) is 12.1 Å². The Hall–Kier alpha value is -3.58. The van der Waals surface area contributed by atoms with Crippen LogP contribution in [0.1, 0.15) is 11.1 Å². The molecule has 1 N–H and O–H groups in total. The van der Waals surface area contributed by atoms with Crippen molar-refractivity contribution in [3.63, 3.8) is 0 Å². The van der Waals surface area contributed by atoms with E-state index in [-0.39, 0.29) is 5.75 Å². The Kier molecular flexibility index (Phi) is 6.97. The number of phenolic OH excluding ortho intramolecular Hbond substituents is 1. The molecule has 0 unspecified atom stereocenters. The number of halogens is 6. The van der Waals surface area contributed by atoms with E-state index in [1.807, 2.05) is 0 Å². The van der Waals surface area contributed by atoms with Gasteiger partial charge >= 0.3 is 12.4 Å². The first-order valence-corrected chi connectivity index (χ1v) is 7.11. The maximum absolute atomic E-state index is 12.3. The first-order valence-electron chi connectivity index (χ1n) is 7.11. The molecule has 14 heteroatoms. The average molecular weight is 428 g/mol. The zero-order chi connectivity index (χ0) is 22.6. The number of nitro groups is 2. The van der Waals surface area contributed by atoms with Gasteiger partial charge in [0.1, 0.15) is 11.5 Å². The van der Waals surface area contributed by atoms with Crippen LogP contribution in [0.15, 0.2) is 36.4 Å². The largest absolute Gasteiger partial charge is 0.508 e. The summed E-state index contributed by atoms with van der Waals surface area (Å²) in [6.45, 7) is 0. The van der Waals surface area contributed by atoms with Crippen LogP contribution in [0, 0.1) is 20.2 Å². The molecule has 0 aliphatic rings. The summed E-state index contributed by atoms with van der Waals surface area (Å²) in [6.07, 6.45) is -9.33. The lowest BCUT2D eigenvalue weighted by Crippen LogP contribution is -2.06. The van der Waals surface area contributed by atoms with Crippen molar-refractivity contribution in [2.75, 3.05) is 7.11 Å². The zero-order valence-corrected chi connectivity index (χ0v) is 14.1. The van der Waals surface area contributed by atoms with Crippen LogP contribution >= 0.6 is 0 Å². The van der Waals surface area contributed by atoms with Gasteiger partial charge in [0.25, 0.3) is 11.4 Å². The van der Waals surface area contributed by atoms with Crippen molar-refractivity contribution in [2.24, 2.45) is 0 Å². The number of hydrogen-bond acceptors (Lipinski definition) is 6. The van der Waals surface area contributed by atoms with Crippen molar-refractivity contribution in [2.45, 2.75) is 12.4 Å². The van der Waals surface area contributed by atoms with E-state index in [2.05, 4.69) is 4.74 Å². The van der Waals surface area contributed by atoms with E-state index in [1.54, 1.807) is 0 Å². The van der Waals surface area contributed by atoms with Crippen molar-refractivity contribution in [1.82, 2.24) is 0 Å². The van der Waals surface area contributed by atoms with Crippen LogP contribution in [0.2, 0.25) is 0 Å². The zero-order valence-electron chi connectivity index (χ0n) is 14.1. The van der Waals surface area contributed by atoms with Gasteiger partial charge in [-0.3, -0.25) is 20.2 Å². The third-order valence-corrected chi connectivity index (χ3v) is 3.11. The number of alkyl halides is 6. The Labute approximate surface area is 157 Å². The lowest BCUT2D eigenvalue weighted by atomic mass is 10.2. The SMILES string of the molecule is COc1cc([N+](=O)[O-])cc(C(F)(F)F)c1.O=[N+]([O-])c1cc(O)cc(C(F)(F)F)c1. The molecule has 0 atom stereocenters. The predicted molar refractivity (Wildman–Crippen MR) is 84.4 cm³/mol. The summed E-state index contributed by atoms with van der Waals surface area (Å²) >= 11 is 0. The van der Waals surface area contributed by atoms with Crippen molar-refractivity contribution in [1.29, 1.82) is 0 Å². The van der Waals surface area contributed by atoms with Crippen molar-refractivity contribution >= 4 is 11.4 Å². The summed E-state index contributed by atoms with van der Waals surface area (Å²) in [5.41, 5.74) is -3.79. The number of rotatable bonds is 3. The summed E-state index contributed by atoms with van der Waals surface area (Å²) in [7, 11) is 1.14. The average Bonchev–Trinajstić information content (AvgIpc) is 2.59. The highest BCUT2D eigenvalue weighted by molar-refractivity contribution is 5.44. The molecular formula is C15H10F6N2O6. The Morgan fingerprint density at radius 1 is 0.793 bits per heavy atom. The van der Waals surface area contributed by atoms with Crippen LogP contribution in [0.3, 0.4) is 0 Å². The monoisotopic (exact) mass is 428 g/mol. The molecular weight excluding hydrogens is 418 g/mol. The number of aromatic hydroxyl groups is 1. The van der Waals surface area contributed by atoms with Gasteiger partial charge in [0.2, 0.25) is 0 Å². The first-order chi connectivity index (χ1) is 13.1. The fraction of sp³-hybridized carbons (Fsp3) is 0.200. The Bertz CT molecular complexity index is 913. The molecule has 29 heavy (non-hydrogen) atoms. The van der Waals surface area contributed by atoms with E-state index < -0.39 is 50.5 Å². The minimum absolute atomic E-state index is 0.198. The molecule has 0 amide bonds. The third kappa shape index (κ3) is 6.82. The molecule has 0 saturated carbocycles. The fourth-order valence-corrected chi connectivity index (χ4v) is 1.83. The number of ether oxygens (including phenoxy) is 1. The van der Waals surface area contributed by atoms with Crippen molar-refractivity contribution < 1.29 is 46.0 Å². The van der Waals surface area contributed by atoms with Crippen molar-refractivity contribution in [3.8, 4) is 11.5 Å². The smallest absolute Gasteiger partial charge is 0.416 e. The highest BCUT2D eigenvalue weighted by Crippen LogP contribution is 2.35. The van der Waals surface area contributed by atoms with Crippen LogP contribution in [-0.2, 0) is 12.4 Å². The van der Waals surface area contributed by atoms with E-state index in [0.29, 0.717) is 30.3 Å². The van der Waals surface area contributed by atoms with Crippen LogP contribution in [0.25, 0.3) is 0 Å². The van der Waals surface area contributed by atoms with E-state index in [1.165, 1.54) is 0 Å². The van der Waals surface area contributed by atoms with Gasteiger partial charge in [-0.05, 0) is 12.1 Å². The number of non-ortho nitro benzene ring substituents is 2. The maximum atomic E-state index is 12.3. The summed E-state index contributed by atoms with van der Waals surface area (Å²) in [4.78, 5) is 18.6. The number of methoxy groups -OCH3 is 1. The number of hydrogen-bond donors (Lipinski definition) is 1. The Balaban J connectivity index is 0.000000291. The van der Waals surface area contributed by atoms with E-state index in [4.69, 9.17) is 5.11 Å². The predicted octanol–water partition coefficient (Wildman–Crippen LogP) is 4.94. The van der Waals surface area contributed by atoms with Gasteiger partial charge in [-0.1, -0.05) is 0 Å². The molecule has 0 spiro atoms. The normalized spacial score (nSPS) is 11.3. The van der Waals surface area contributed by atoms with E-state index in [9.17, 15) is 46.6 Å². The fourth-order valence-electron chi connectivity index (χ4n) is 1.83. The van der Waals surface area contributed by atoms with Gasteiger partial charge in [0.15, 0.2) is 0 Å². The number of nitrogens with zero attached hydrogens (tertiary/aromatic N) is 2. The minimum Gasteiger partial charge on any atom is -0.508 e. The van der Waals surface area contributed by atoms with Crippen LogP contribution in [0.4, 0.5) is 37.7 Å². The van der Waals surface area contributed by atoms with E-state index in [0.717, 1.165) is 13.2 Å². The van der Waals surface area contributed by atoms with Gasteiger partial charge in [0.05, 0.1) is 40.2 Å². The number of nitro benzene ring substituents is 2. The second kappa shape index (κ2) is 8.62. The molecule has 0 heterocycles. The molecule has 2 aromatic rings. The summed E-state index contributed by atoms with van der Waals surface area (Å²) in [6, 6.07) is 3.52. The van der Waals surface area contributed by atoms with E-state index >= 15 is 0 Å². The topological polar surface area (TPSA) is 116 Å². The van der Waals surface area contributed by atoms with Crippen LogP contribution in [-0.4, -0.2) is 22.1 Å². The highest BCUT2D eigenvalue weighted by atomic mass is 19.4. The summed E-state index contributed by atoms with van der Waals surface area (Å²) < 4.78 is 77.6. The Morgan fingerprint density at radius 3 is 1.59 bits per heavy atom. The maximum Gasteiger partial charge on any atom is 0.416 e. The molecule has 2 rings (SSSR count). The summed E-state index contributed by atoms with van der Waals surface area (Å²) in [5, 5.41) is 29.3. The van der Waals surface area contributed by atoms with Gasteiger partial charge < -0.3 is 9.84 Å². The van der Waals surface area contributed by atoms with Crippen LogP contribution in [0.5, 0.6) is 11.5 Å². The molecule has 8 nitrogen and oxygen atoms in total. The molecule has 2 aromatic carbocycles. The quantitative estimate of drug-likeness (QED) is 0.421. The summed E-state index contributed by atoms with van der Waals surface area (Å²) in [5.74, 6) is -0.983. The molecule has 0 aliphatic heterocycles. The minimum atomic E-state index is -4.70. The molecule has 158 valence electrons. The Morgan fingerprint density at radius 2 is 1.21 bits per heavy atom. The standard InChI is InChI=1S/C8H6F3NO3.C7H4F3NO3/c1-15-7-3-5(8(9,10)11)2-6(4-7)12(13)14;8-7(9,10)4-1-5(11(13)14)3-6(12)2-4/h2-4H,1H3;1-3,12H. The second-order valence-electron chi connectivity index (χ2n) is 5.17. The molecule has 0 bridgehead atoms. The molecule has 0 saturated heterocycles. The number of phenols is 1. The third-order valence-electron chi connectivity index (χ3n) is 3.11. The van der Waals surface area contributed by atoms with Gasteiger partial charge in [-0.2, -0.15) is 26.3 Å². The lowest BCUT2D eigenvalue weighted by Gasteiger charge is -2.08. The van der Waals surface area contributed by atoms with Crippen molar-refractivity contribution in [3.05, 3.63) is 67.8 Å². The lowest BCUT2D eigenvalue weighted by molar-refractivity contribution is -0.385. The highest BCUT2D eigenvalue weighted by Gasteiger charge is 2.33.